The van der Waals surface area contributed by atoms with Crippen molar-refractivity contribution in [1.82, 2.24) is 20.2 Å². The van der Waals surface area contributed by atoms with Crippen LogP contribution in [0.2, 0.25) is 0 Å². The van der Waals surface area contributed by atoms with Crippen LogP contribution in [0, 0.1) is 0 Å². The Kier molecular flexibility index (Phi) is 3.96. The lowest BCUT2D eigenvalue weighted by atomic mass is 9.97. The number of aromatic nitrogens is 2. The number of carbonyl (C=O) groups is 1. The number of piperidine rings is 1. The predicted molar refractivity (Wildman–Crippen MR) is 76.3 cm³/mol. The summed E-state index contributed by atoms with van der Waals surface area (Å²) < 4.78 is 0. The zero-order chi connectivity index (χ0) is 13.9. The standard InChI is InChI=1S/C15H22N4O/c1-2-7-19(15(20)14-10-16-5-6-17-14)13-8-11-3-4-12(9-13)18-11/h5-6,10-13,18H,2-4,7-9H2,1H3. The number of rotatable bonds is 4. The molecule has 2 unspecified atom stereocenters. The molecule has 0 aromatic carbocycles. The van der Waals surface area contributed by atoms with Gasteiger partial charge in [-0.25, -0.2) is 4.98 Å². The van der Waals surface area contributed by atoms with Crippen LogP contribution in [-0.2, 0) is 0 Å². The second-order valence-electron chi connectivity index (χ2n) is 5.85. The molecular weight excluding hydrogens is 252 g/mol. The summed E-state index contributed by atoms with van der Waals surface area (Å²) in [7, 11) is 0. The van der Waals surface area contributed by atoms with E-state index < -0.39 is 0 Å². The average molecular weight is 274 g/mol. The van der Waals surface area contributed by atoms with Crippen LogP contribution in [0.25, 0.3) is 0 Å². The minimum Gasteiger partial charge on any atom is -0.334 e. The quantitative estimate of drug-likeness (QED) is 0.906. The fraction of sp³-hybridized carbons (Fsp3) is 0.667. The molecule has 2 aliphatic heterocycles. The summed E-state index contributed by atoms with van der Waals surface area (Å²) in [6.45, 7) is 2.92. The van der Waals surface area contributed by atoms with Crippen LogP contribution in [0.15, 0.2) is 18.6 Å². The van der Waals surface area contributed by atoms with Crippen molar-refractivity contribution in [2.45, 2.75) is 57.2 Å². The summed E-state index contributed by atoms with van der Waals surface area (Å²) >= 11 is 0. The SMILES string of the molecule is CCCN(C(=O)c1cnccn1)C1CC2CCC(C1)N2. The molecule has 2 fully saturated rings. The Morgan fingerprint density at radius 2 is 2.10 bits per heavy atom. The molecular formula is C15H22N4O. The predicted octanol–water partition coefficient (Wildman–Crippen LogP) is 1.61. The Bertz CT molecular complexity index is 452. The molecule has 1 amide bonds. The van der Waals surface area contributed by atoms with Crippen molar-refractivity contribution in [3.8, 4) is 0 Å². The van der Waals surface area contributed by atoms with Gasteiger partial charge in [0.15, 0.2) is 0 Å². The minimum absolute atomic E-state index is 0.0336. The molecule has 2 saturated heterocycles. The van der Waals surface area contributed by atoms with Crippen molar-refractivity contribution in [3.05, 3.63) is 24.3 Å². The van der Waals surface area contributed by atoms with Crippen LogP contribution in [0.4, 0.5) is 0 Å². The summed E-state index contributed by atoms with van der Waals surface area (Å²) in [5, 5.41) is 3.63. The van der Waals surface area contributed by atoms with Gasteiger partial charge in [0, 0.05) is 37.1 Å². The Morgan fingerprint density at radius 1 is 1.35 bits per heavy atom. The lowest BCUT2D eigenvalue weighted by molar-refractivity contribution is 0.0610. The van der Waals surface area contributed by atoms with E-state index in [1.54, 1.807) is 18.6 Å². The number of nitrogens with one attached hydrogen (secondary N) is 1. The van der Waals surface area contributed by atoms with E-state index in [1.165, 1.54) is 12.8 Å². The third-order valence-electron chi connectivity index (χ3n) is 4.40. The molecule has 2 atom stereocenters. The number of fused-ring (bicyclic) bond motifs is 2. The van der Waals surface area contributed by atoms with Gasteiger partial charge in [-0.3, -0.25) is 9.78 Å². The van der Waals surface area contributed by atoms with Gasteiger partial charge in [-0.15, -0.1) is 0 Å². The first-order valence-electron chi connectivity index (χ1n) is 7.61. The third-order valence-corrected chi connectivity index (χ3v) is 4.40. The normalized spacial score (nSPS) is 28.4. The van der Waals surface area contributed by atoms with Crippen molar-refractivity contribution in [2.75, 3.05) is 6.54 Å². The average Bonchev–Trinajstić information content (AvgIpc) is 2.83. The maximum absolute atomic E-state index is 12.7. The van der Waals surface area contributed by atoms with Crippen LogP contribution < -0.4 is 5.32 Å². The molecule has 0 saturated carbocycles. The first-order chi connectivity index (χ1) is 9.78. The molecule has 3 heterocycles. The Labute approximate surface area is 119 Å². The molecule has 0 radical (unpaired) electrons. The molecule has 5 nitrogen and oxygen atoms in total. The van der Waals surface area contributed by atoms with Crippen LogP contribution in [0.1, 0.15) is 49.5 Å². The Balaban J connectivity index is 1.77. The summed E-state index contributed by atoms with van der Waals surface area (Å²) in [4.78, 5) is 22.9. The molecule has 108 valence electrons. The van der Waals surface area contributed by atoms with Gasteiger partial charge in [-0.2, -0.15) is 0 Å². The minimum atomic E-state index is 0.0336. The second-order valence-corrected chi connectivity index (χ2v) is 5.85. The van der Waals surface area contributed by atoms with E-state index >= 15 is 0 Å². The van der Waals surface area contributed by atoms with E-state index in [9.17, 15) is 4.79 Å². The van der Waals surface area contributed by atoms with Gasteiger partial charge in [0.25, 0.3) is 5.91 Å². The largest absolute Gasteiger partial charge is 0.334 e. The molecule has 2 bridgehead atoms. The van der Waals surface area contributed by atoms with E-state index in [4.69, 9.17) is 0 Å². The van der Waals surface area contributed by atoms with E-state index in [0.717, 1.165) is 25.8 Å². The number of hydrogen-bond donors (Lipinski definition) is 1. The fourth-order valence-electron chi connectivity index (χ4n) is 3.53. The molecule has 5 heteroatoms. The number of carbonyl (C=O) groups excluding carboxylic acids is 1. The molecule has 1 aromatic heterocycles. The summed E-state index contributed by atoms with van der Waals surface area (Å²) in [6.07, 6.45) is 10.4. The molecule has 3 rings (SSSR count). The number of amides is 1. The monoisotopic (exact) mass is 274 g/mol. The van der Waals surface area contributed by atoms with Crippen molar-refractivity contribution >= 4 is 5.91 Å². The van der Waals surface area contributed by atoms with Gasteiger partial charge in [-0.05, 0) is 32.1 Å². The topological polar surface area (TPSA) is 58.1 Å². The van der Waals surface area contributed by atoms with E-state index in [-0.39, 0.29) is 5.91 Å². The van der Waals surface area contributed by atoms with Gasteiger partial charge >= 0.3 is 0 Å². The zero-order valence-corrected chi connectivity index (χ0v) is 12.0. The van der Waals surface area contributed by atoms with E-state index in [1.807, 2.05) is 4.90 Å². The van der Waals surface area contributed by atoms with Gasteiger partial charge in [0.1, 0.15) is 5.69 Å². The molecule has 2 aliphatic rings. The Morgan fingerprint density at radius 3 is 2.70 bits per heavy atom. The summed E-state index contributed by atoms with van der Waals surface area (Å²) in [5.74, 6) is 0.0336. The van der Waals surface area contributed by atoms with E-state index in [0.29, 0.717) is 23.8 Å². The van der Waals surface area contributed by atoms with Crippen molar-refractivity contribution in [1.29, 1.82) is 0 Å². The highest BCUT2D eigenvalue weighted by Gasteiger charge is 2.37. The molecule has 0 spiro atoms. The van der Waals surface area contributed by atoms with Crippen LogP contribution in [0.3, 0.4) is 0 Å². The maximum Gasteiger partial charge on any atom is 0.274 e. The third kappa shape index (κ3) is 2.68. The lowest BCUT2D eigenvalue weighted by Crippen LogP contribution is -2.50. The number of hydrogen-bond acceptors (Lipinski definition) is 4. The molecule has 20 heavy (non-hydrogen) atoms. The Hall–Kier alpha value is -1.49. The maximum atomic E-state index is 12.7. The van der Waals surface area contributed by atoms with Gasteiger partial charge < -0.3 is 10.2 Å². The highest BCUT2D eigenvalue weighted by Crippen LogP contribution is 2.30. The second kappa shape index (κ2) is 5.87. The van der Waals surface area contributed by atoms with E-state index in [2.05, 4.69) is 22.2 Å². The smallest absolute Gasteiger partial charge is 0.274 e. The zero-order valence-electron chi connectivity index (χ0n) is 12.0. The van der Waals surface area contributed by atoms with Gasteiger partial charge in [-0.1, -0.05) is 6.92 Å². The molecule has 1 N–H and O–H groups in total. The molecule has 0 aliphatic carbocycles. The first kappa shape index (κ1) is 13.5. The lowest BCUT2D eigenvalue weighted by Gasteiger charge is -2.37. The summed E-state index contributed by atoms with van der Waals surface area (Å²) in [6, 6.07) is 1.53. The van der Waals surface area contributed by atoms with Crippen molar-refractivity contribution < 1.29 is 4.79 Å². The van der Waals surface area contributed by atoms with Crippen LogP contribution in [0.5, 0.6) is 0 Å². The van der Waals surface area contributed by atoms with Crippen molar-refractivity contribution in [2.24, 2.45) is 0 Å². The molecule has 1 aromatic rings. The first-order valence-corrected chi connectivity index (χ1v) is 7.61. The fourth-order valence-corrected chi connectivity index (χ4v) is 3.53. The summed E-state index contributed by atoms with van der Waals surface area (Å²) in [5.41, 5.74) is 0.465. The van der Waals surface area contributed by atoms with Gasteiger partial charge in [0.2, 0.25) is 0 Å². The highest BCUT2D eigenvalue weighted by molar-refractivity contribution is 5.92. The van der Waals surface area contributed by atoms with Gasteiger partial charge in [0.05, 0.1) is 6.20 Å². The van der Waals surface area contributed by atoms with Crippen molar-refractivity contribution in [3.63, 3.8) is 0 Å². The van der Waals surface area contributed by atoms with Crippen LogP contribution in [-0.4, -0.2) is 45.4 Å². The highest BCUT2D eigenvalue weighted by atomic mass is 16.2. The number of nitrogens with zero attached hydrogens (tertiary/aromatic N) is 3. The van der Waals surface area contributed by atoms with Crippen LogP contribution >= 0.6 is 0 Å².